The highest BCUT2D eigenvalue weighted by Crippen LogP contribution is 2.31. The second-order valence-electron chi connectivity index (χ2n) is 10.1. The van der Waals surface area contributed by atoms with Gasteiger partial charge in [-0.25, -0.2) is 13.1 Å². The van der Waals surface area contributed by atoms with Crippen molar-refractivity contribution in [3.8, 4) is 17.2 Å². The Morgan fingerprint density at radius 2 is 1.77 bits per heavy atom. The first-order chi connectivity index (χ1) is 18.6. The van der Waals surface area contributed by atoms with E-state index in [0.29, 0.717) is 52.4 Å². The zero-order chi connectivity index (χ0) is 28.4. The number of sulfonamides is 1. The summed E-state index contributed by atoms with van der Waals surface area (Å²) in [4.78, 5) is 15.2. The first-order valence-electron chi connectivity index (χ1n) is 13.2. The van der Waals surface area contributed by atoms with Crippen LogP contribution in [-0.4, -0.2) is 65.8 Å². The Balaban J connectivity index is 1.48. The third-order valence-electron chi connectivity index (χ3n) is 6.93. The second kappa shape index (κ2) is 14.7. The van der Waals surface area contributed by atoms with Crippen molar-refractivity contribution in [1.82, 2.24) is 9.62 Å². The van der Waals surface area contributed by atoms with E-state index in [2.05, 4.69) is 9.62 Å². The highest BCUT2D eigenvalue weighted by molar-refractivity contribution is 7.88. The highest BCUT2D eigenvalue weighted by Gasteiger charge is 2.20. The van der Waals surface area contributed by atoms with Gasteiger partial charge in [-0.2, -0.15) is 0 Å². The van der Waals surface area contributed by atoms with E-state index in [1.54, 1.807) is 32.4 Å². The van der Waals surface area contributed by atoms with Gasteiger partial charge in [-0.1, -0.05) is 11.6 Å². The Morgan fingerprint density at radius 1 is 1.10 bits per heavy atom. The van der Waals surface area contributed by atoms with Gasteiger partial charge in [-0.3, -0.25) is 4.79 Å². The van der Waals surface area contributed by atoms with Gasteiger partial charge in [0.25, 0.3) is 0 Å². The number of ketones is 1. The monoisotopic (exact) mass is 581 g/mol. The molecule has 1 aliphatic rings. The molecule has 3 N–H and O–H groups in total. The maximum absolute atomic E-state index is 12.9. The van der Waals surface area contributed by atoms with Crippen LogP contribution in [0.5, 0.6) is 17.2 Å². The van der Waals surface area contributed by atoms with Gasteiger partial charge >= 0.3 is 0 Å². The van der Waals surface area contributed by atoms with Crippen molar-refractivity contribution in [2.24, 2.45) is 5.92 Å². The minimum Gasteiger partial charge on any atom is -0.497 e. The molecule has 0 aliphatic carbocycles. The second-order valence-corrected chi connectivity index (χ2v) is 12.3. The molecule has 1 saturated heterocycles. The van der Waals surface area contributed by atoms with Crippen LogP contribution < -0.4 is 24.7 Å². The van der Waals surface area contributed by atoms with Crippen molar-refractivity contribution in [3.63, 3.8) is 0 Å². The van der Waals surface area contributed by atoms with Gasteiger partial charge in [0, 0.05) is 37.1 Å². The number of likely N-dealkylation sites (tertiary alicyclic amines) is 1. The average Bonchev–Trinajstić information content (AvgIpc) is 2.89. The number of carbonyl (C=O) groups is 1. The fourth-order valence-electron chi connectivity index (χ4n) is 4.74. The van der Waals surface area contributed by atoms with Crippen molar-refractivity contribution in [2.45, 2.75) is 45.1 Å². The van der Waals surface area contributed by atoms with Gasteiger partial charge in [0.15, 0.2) is 0 Å². The minimum absolute atomic E-state index is 0.116. The van der Waals surface area contributed by atoms with Gasteiger partial charge in [-0.05, 0) is 75.0 Å². The van der Waals surface area contributed by atoms with E-state index in [0.717, 1.165) is 50.9 Å². The molecule has 2 aromatic rings. The highest BCUT2D eigenvalue weighted by atomic mass is 35.5. The van der Waals surface area contributed by atoms with Crippen molar-refractivity contribution >= 4 is 33.1 Å². The quantitative estimate of drug-likeness (QED) is 0.302. The number of nitrogen functional groups attached to an aromatic ring is 1. The smallest absolute Gasteiger partial charge is 0.208 e. The first-order valence-corrected chi connectivity index (χ1v) is 15.4. The lowest BCUT2D eigenvalue weighted by molar-refractivity contribution is -0.118. The summed E-state index contributed by atoms with van der Waals surface area (Å²) < 4.78 is 41.7. The average molecular weight is 582 g/mol. The summed E-state index contributed by atoms with van der Waals surface area (Å²) in [5.74, 6) is 2.49. The fourth-order valence-corrected chi connectivity index (χ4v) is 5.42. The number of nitrogens with two attached hydrogens (primary N) is 1. The van der Waals surface area contributed by atoms with E-state index in [4.69, 9.17) is 31.5 Å². The van der Waals surface area contributed by atoms with Crippen LogP contribution in [0.4, 0.5) is 5.69 Å². The van der Waals surface area contributed by atoms with Crippen LogP contribution in [0.3, 0.4) is 0 Å². The van der Waals surface area contributed by atoms with E-state index >= 15 is 0 Å². The molecule has 0 radical (unpaired) electrons. The standard InChI is InChI=1S/C28H40ClN3O6S/c1-36-24-13-21(14-25(17-24)37-2)19-38-28-18-27(30)26(29)16-22(28)15-23(33)5-4-10-32-11-7-20(8-12-32)6-9-31-39(3,34)35/h13-14,16-18,20,31H,4-12,15,19,30H2,1-3H3. The largest absolute Gasteiger partial charge is 0.497 e. The molecule has 1 fully saturated rings. The van der Waals surface area contributed by atoms with Crippen LogP contribution in [0.25, 0.3) is 0 Å². The third kappa shape index (κ3) is 10.5. The van der Waals surface area contributed by atoms with E-state index in [9.17, 15) is 13.2 Å². The zero-order valence-corrected chi connectivity index (χ0v) is 24.6. The number of nitrogens with zero attached hydrogens (tertiary/aromatic N) is 1. The molecule has 11 heteroatoms. The SMILES string of the molecule is COc1cc(COc2cc(N)c(Cl)cc2CC(=O)CCCN2CCC(CCNS(C)(=O)=O)CC2)cc(OC)c1. The number of nitrogens with one attached hydrogen (secondary N) is 1. The molecule has 0 unspecified atom stereocenters. The minimum atomic E-state index is -3.13. The summed E-state index contributed by atoms with van der Waals surface area (Å²) in [7, 11) is 0.0512. The number of halogens is 1. The van der Waals surface area contributed by atoms with Gasteiger partial charge in [0.05, 0.1) is 31.2 Å². The summed E-state index contributed by atoms with van der Waals surface area (Å²) in [6.07, 6.45) is 5.60. The van der Waals surface area contributed by atoms with E-state index in [1.165, 1.54) is 6.26 Å². The lowest BCUT2D eigenvalue weighted by atomic mass is 9.93. The van der Waals surface area contributed by atoms with Crippen molar-refractivity contribution in [3.05, 3.63) is 46.5 Å². The number of methoxy groups -OCH3 is 2. The molecule has 0 aromatic heterocycles. The van der Waals surface area contributed by atoms with Crippen LogP contribution in [0, 0.1) is 5.92 Å². The Hall–Kier alpha value is -2.53. The zero-order valence-electron chi connectivity index (χ0n) is 23.0. The number of ether oxygens (including phenoxy) is 3. The van der Waals surface area contributed by atoms with E-state index in [1.807, 2.05) is 12.1 Å². The van der Waals surface area contributed by atoms with Gasteiger partial charge in [-0.15, -0.1) is 0 Å². The predicted molar refractivity (Wildman–Crippen MR) is 154 cm³/mol. The van der Waals surface area contributed by atoms with Gasteiger partial charge in [0.2, 0.25) is 10.0 Å². The predicted octanol–water partition coefficient (Wildman–Crippen LogP) is 4.06. The fraction of sp³-hybridized carbons (Fsp3) is 0.536. The van der Waals surface area contributed by atoms with Gasteiger partial charge in [0.1, 0.15) is 29.6 Å². The molecule has 39 heavy (non-hydrogen) atoms. The molecular formula is C28H40ClN3O6S. The number of hydrogen-bond acceptors (Lipinski definition) is 8. The number of benzene rings is 2. The summed E-state index contributed by atoms with van der Waals surface area (Å²) in [5, 5.41) is 0.391. The van der Waals surface area contributed by atoms with Crippen molar-refractivity contribution < 1.29 is 27.4 Å². The Labute approximate surface area is 237 Å². The van der Waals surface area contributed by atoms with Crippen LogP contribution >= 0.6 is 11.6 Å². The number of hydrogen-bond donors (Lipinski definition) is 2. The van der Waals surface area contributed by atoms with E-state index in [-0.39, 0.29) is 18.8 Å². The van der Waals surface area contributed by atoms with Crippen LogP contribution in [0.15, 0.2) is 30.3 Å². The lowest BCUT2D eigenvalue weighted by Crippen LogP contribution is -2.35. The molecule has 216 valence electrons. The molecule has 0 bridgehead atoms. The summed E-state index contributed by atoms with van der Waals surface area (Å²) in [5.41, 5.74) is 7.98. The molecule has 0 spiro atoms. The topological polar surface area (TPSA) is 120 Å². The molecule has 0 atom stereocenters. The lowest BCUT2D eigenvalue weighted by Gasteiger charge is -2.31. The number of piperidine rings is 1. The maximum atomic E-state index is 12.9. The normalized spacial score (nSPS) is 14.8. The third-order valence-corrected chi connectivity index (χ3v) is 7.98. The van der Waals surface area contributed by atoms with Gasteiger partial charge < -0.3 is 24.8 Å². The Morgan fingerprint density at radius 3 is 2.38 bits per heavy atom. The molecule has 9 nitrogen and oxygen atoms in total. The number of anilines is 1. The maximum Gasteiger partial charge on any atom is 0.208 e. The molecular weight excluding hydrogens is 542 g/mol. The number of rotatable bonds is 15. The van der Waals surface area contributed by atoms with Crippen LogP contribution in [0.2, 0.25) is 5.02 Å². The van der Waals surface area contributed by atoms with Crippen LogP contribution in [0.1, 0.15) is 43.2 Å². The molecule has 3 rings (SSSR count). The first kappa shape index (κ1) is 31.0. The number of Topliss-reactive ketones (excluding diaryl/α,β-unsaturated/α-hetero) is 1. The summed E-state index contributed by atoms with van der Waals surface area (Å²) >= 11 is 6.27. The molecule has 1 heterocycles. The molecule has 0 amide bonds. The van der Waals surface area contributed by atoms with Crippen molar-refractivity contribution in [2.75, 3.05) is 52.4 Å². The summed E-state index contributed by atoms with van der Waals surface area (Å²) in [6.45, 7) is 3.54. The Kier molecular flexibility index (Phi) is 11.7. The molecule has 1 aliphatic heterocycles. The van der Waals surface area contributed by atoms with Crippen LogP contribution in [-0.2, 0) is 27.8 Å². The molecule has 2 aromatic carbocycles. The molecule has 0 saturated carbocycles. The Bertz CT molecular complexity index is 1190. The summed E-state index contributed by atoms with van der Waals surface area (Å²) in [6, 6.07) is 8.89. The van der Waals surface area contributed by atoms with E-state index < -0.39 is 10.0 Å². The van der Waals surface area contributed by atoms with Crippen molar-refractivity contribution in [1.29, 1.82) is 0 Å². The number of carbonyl (C=O) groups excluding carboxylic acids is 1.